The van der Waals surface area contributed by atoms with Gasteiger partial charge in [0, 0.05) is 23.5 Å². The van der Waals surface area contributed by atoms with Crippen LogP contribution in [0.1, 0.15) is 34.1 Å². The zero-order valence-corrected chi connectivity index (χ0v) is 14.0. The van der Waals surface area contributed by atoms with E-state index in [9.17, 15) is 4.79 Å². The van der Waals surface area contributed by atoms with Crippen molar-refractivity contribution in [3.63, 3.8) is 0 Å². The van der Waals surface area contributed by atoms with Crippen molar-refractivity contribution >= 4 is 17.7 Å². The number of amides is 1. The van der Waals surface area contributed by atoms with Crippen LogP contribution in [0, 0.1) is 0 Å². The number of aromatic nitrogens is 3. The standard InChI is InChI=1S/C15H20N4O2S/c1-5-15(3,4)17-12(20)10(2)22-14-19-18-13(21-14)11-6-8-16-9-7-11/h6-10H,5H2,1-4H3,(H,17,20). The molecule has 6 nitrogen and oxygen atoms in total. The number of hydrogen-bond donors (Lipinski definition) is 1. The van der Waals surface area contributed by atoms with Gasteiger partial charge in [0.25, 0.3) is 5.22 Å². The van der Waals surface area contributed by atoms with Gasteiger partial charge in [0.1, 0.15) is 0 Å². The fourth-order valence-electron chi connectivity index (χ4n) is 1.60. The van der Waals surface area contributed by atoms with Crippen LogP contribution >= 0.6 is 11.8 Å². The van der Waals surface area contributed by atoms with E-state index < -0.39 is 0 Å². The van der Waals surface area contributed by atoms with Crippen molar-refractivity contribution in [3.8, 4) is 11.5 Å². The predicted molar refractivity (Wildman–Crippen MR) is 85.4 cm³/mol. The summed E-state index contributed by atoms with van der Waals surface area (Å²) < 4.78 is 5.58. The van der Waals surface area contributed by atoms with Crippen LogP contribution in [0.3, 0.4) is 0 Å². The van der Waals surface area contributed by atoms with Gasteiger partial charge in [-0.1, -0.05) is 18.7 Å². The molecule has 0 saturated carbocycles. The third-order valence-electron chi connectivity index (χ3n) is 3.33. The summed E-state index contributed by atoms with van der Waals surface area (Å²) in [5.41, 5.74) is 0.585. The van der Waals surface area contributed by atoms with Crippen LogP contribution in [0.15, 0.2) is 34.2 Å². The smallest absolute Gasteiger partial charge is 0.277 e. The van der Waals surface area contributed by atoms with Gasteiger partial charge in [-0.15, -0.1) is 10.2 Å². The highest BCUT2D eigenvalue weighted by atomic mass is 32.2. The fraction of sp³-hybridized carbons (Fsp3) is 0.467. The molecule has 1 unspecified atom stereocenters. The van der Waals surface area contributed by atoms with Crippen LogP contribution in [0.5, 0.6) is 0 Å². The molecule has 0 radical (unpaired) electrons. The van der Waals surface area contributed by atoms with E-state index in [-0.39, 0.29) is 16.7 Å². The van der Waals surface area contributed by atoms with Crippen LogP contribution in [-0.4, -0.2) is 31.9 Å². The van der Waals surface area contributed by atoms with Crippen molar-refractivity contribution in [2.45, 2.75) is 50.1 Å². The molecule has 7 heteroatoms. The van der Waals surface area contributed by atoms with Crippen molar-refractivity contribution in [2.75, 3.05) is 0 Å². The van der Waals surface area contributed by atoms with Gasteiger partial charge >= 0.3 is 0 Å². The van der Waals surface area contributed by atoms with E-state index in [2.05, 4.69) is 20.5 Å². The van der Waals surface area contributed by atoms with E-state index in [1.807, 2.05) is 27.7 Å². The normalized spacial score (nSPS) is 12.9. The Morgan fingerprint density at radius 3 is 2.68 bits per heavy atom. The average Bonchev–Trinajstić information content (AvgIpc) is 2.96. The lowest BCUT2D eigenvalue weighted by Crippen LogP contribution is -2.46. The molecule has 0 aliphatic carbocycles. The number of nitrogens with one attached hydrogen (secondary N) is 1. The number of rotatable bonds is 6. The summed E-state index contributed by atoms with van der Waals surface area (Å²) in [7, 11) is 0. The molecule has 1 atom stereocenters. The molecule has 2 aromatic rings. The largest absolute Gasteiger partial charge is 0.411 e. The molecule has 2 rings (SSSR count). The summed E-state index contributed by atoms with van der Waals surface area (Å²) >= 11 is 1.25. The average molecular weight is 320 g/mol. The molecule has 1 amide bonds. The Balaban J connectivity index is 1.99. The molecular formula is C15H20N4O2S. The van der Waals surface area contributed by atoms with E-state index in [0.717, 1.165) is 12.0 Å². The number of hydrogen-bond acceptors (Lipinski definition) is 6. The molecule has 0 aliphatic heterocycles. The Labute approximate surface area is 134 Å². The molecule has 0 aliphatic rings. The number of carbonyl (C=O) groups is 1. The van der Waals surface area contributed by atoms with Crippen LogP contribution in [0.4, 0.5) is 0 Å². The maximum atomic E-state index is 12.2. The van der Waals surface area contributed by atoms with Gasteiger partial charge in [-0.3, -0.25) is 9.78 Å². The van der Waals surface area contributed by atoms with E-state index in [1.54, 1.807) is 24.5 Å². The van der Waals surface area contributed by atoms with Crippen molar-refractivity contribution in [3.05, 3.63) is 24.5 Å². The Hall–Kier alpha value is -1.89. The van der Waals surface area contributed by atoms with Gasteiger partial charge < -0.3 is 9.73 Å². The Bertz CT molecular complexity index is 627. The van der Waals surface area contributed by atoms with Gasteiger partial charge in [-0.05, 0) is 39.3 Å². The Kier molecular flexibility index (Phi) is 5.18. The maximum absolute atomic E-state index is 12.2. The summed E-state index contributed by atoms with van der Waals surface area (Å²) in [4.78, 5) is 16.1. The Morgan fingerprint density at radius 1 is 1.36 bits per heavy atom. The third kappa shape index (κ3) is 4.30. The quantitative estimate of drug-likeness (QED) is 0.824. The Morgan fingerprint density at radius 2 is 2.05 bits per heavy atom. The van der Waals surface area contributed by atoms with Crippen molar-refractivity contribution in [1.82, 2.24) is 20.5 Å². The topological polar surface area (TPSA) is 80.9 Å². The first-order valence-corrected chi connectivity index (χ1v) is 8.02. The van der Waals surface area contributed by atoms with Gasteiger partial charge in [0.05, 0.1) is 5.25 Å². The van der Waals surface area contributed by atoms with Gasteiger partial charge in [-0.2, -0.15) is 0 Å². The first-order chi connectivity index (χ1) is 10.4. The lowest BCUT2D eigenvalue weighted by molar-refractivity contribution is -0.121. The number of thioether (sulfide) groups is 1. The van der Waals surface area contributed by atoms with Crippen LogP contribution < -0.4 is 5.32 Å². The third-order valence-corrected chi connectivity index (χ3v) is 4.26. The second kappa shape index (κ2) is 6.91. The molecular weight excluding hydrogens is 300 g/mol. The van der Waals surface area contributed by atoms with E-state index >= 15 is 0 Å². The second-order valence-corrected chi connectivity index (χ2v) is 6.89. The van der Waals surface area contributed by atoms with Crippen LogP contribution in [0.2, 0.25) is 0 Å². The van der Waals surface area contributed by atoms with Crippen LogP contribution in [-0.2, 0) is 4.79 Å². The SMILES string of the molecule is CCC(C)(C)NC(=O)C(C)Sc1nnc(-c2ccncc2)o1. The van der Waals surface area contributed by atoms with Crippen molar-refractivity contribution < 1.29 is 9.21 Å². The predicted octanol–water partition coefficient (Wildman–Crippen LogP) is 2.92. The molecule has 118 valence electrons. The molecule has 0 fully saturated rings. The monoisotopic (exact) mass is 320 g/mol. The molecule has 0 aromatic carbocycles. The lowest BCUT2D eigenvalue weighted by Gasteiger charge is -2.25. The highest BCUT2D eigenvalue weighted by Gasteiger charge is 2.24. The highest BCUT2D eigenvalue weighted by Crippen LogP contribution is 2.26. The number of carbonyl (C=O) groups excluding carboxylic acids is 1. The van der Waals surface area contributed by atoms with Crippen LogP contribution in [0.25, 0.3) is 11.5 Å². The van der Waals surface area contributed by atoms with Gasteiger partial charge in [0.2, 0.25) is 11.8 Å². The van der Waals surface area contributed by atoms with Crippen molar-refractivity contribution in [1.29, 1.82) is 0 Å². The molecule has 0 spiro atoms. The maximum Gasteiger partial charge on any atom is 0.277 e. The fourth-order valence-corrected chi connectivity index (χ4v) is 2.28. The van der Waals surface area contributed by atoms with E-state index in [1.165, 1.54) is 11.8 Å². The summed E-state index contributed by atoms with van der Waals surface area (Å²) in [6.07, 6.45) is 4.19. The summed E-state index contributed by atoms with van der Waals surface area (Å²) in [6, 6.07) is 3.59. The minimum Gasteiger partial charge on any atom is -0.411 e. The minimum atomic E-state index is -0.309. The highest BCUT2D eigenvalue weighted by molar-refractivity contribution is 8.00. The van der Waals surface area contributed by atoms with Gasteiger partial charge in [0.15, 0.2) is 0 Å². The molecule has 1 N–H and O–H groups in total. The lowest BCUT2D eigenvalue weighted by atomic mass is 10.0. The first kappa shape index (κ1) is 16.5. The van der Waals surface area contributed by atoms with Gasteiger partial charge in [-0.25, -0.2) is 0 Å². The molecule has 2 aromatic heterocycles. The summed E-state index contributed by atoms with van der Waals surface area (Å²) in [5.74, 6) is 0.381. The van der Waals surface area contributed by atoms with E-state index in [0.29, 0.717) is 11.1 Å². The summed E-state index contributed by atoms with van der Waals surface area (Å²) in [5, 5.41) is 11.0. The zero-order valence-electron chi connectivity index (χ0n) is 13.2. The van der Waals surface area contributed by atoms with E-state index in [4.69, 9.17) is 4.42 Å². The minimum absolute atomic E-state index is 0.0412. The van der Waals surface area contributed by atoms with Crippen molar-refractivity contribution in [2.24, 2.45) is 0 Å². The molecule has 22 heavy (non-hydrogen) atoms. The zero-order chi connectivity index (χ0) is 16.2. The summed E-state index contributed by atoms with van der Waals surface area (Å²) in [6.45, 7) is 7.85. The number of nitrogens with zero attached hydrogens (tertiary/aromatic N) is 3. The molecule has 2 heterocycles. The number of pyridine rings is 1. The first-order valence-electron chi connectivity index (χ1n) is 7.14. The molecule has 0 saturated heterocycles. The molecule has 0 bridgehead atoms. The second-order valence-electron chi connectivity index (χ2n) is 5.60.